The molecular weight excluding hydrogens is 290 g/mol. The highest BCUT2D eigenvalue weighted by molar-refractivity contribution is 14.1. The summed E-state index contributed by atoms with van der Waals surface area (Å²) in [4.78, 5) is 0. The highest BCUT2D eigenvalue weighted by atomic mass is 127. The van der Waals surface area contributed by atoms with Gasteiger partial charge in [0.05, 0.1) is 11.2 Å². The van der Waals surface area contributed by atoms with E-state index >= 15 is 0 Å². The number of rotatable bonds is 3. The number of halogens is 1. The summed E-state index contributed by atoms with van der Waals surface area (Å²) in [6, 6.07) is 0. The Morgan fingerprint density at radius 2 is 1.64 bits per heavy atom. The van der Waals surface area contributed by atoms with Gasteiger partial charge in [0.25, 0.3) is 0 Å². The molecule has 0 radical (unpaired) electrons. The fraction of sp³-hybridized carbons (Fsp3) is 0.800. The maximum Gasteiger partial charge on any atom is 0.486 e. The minimum absolute atomic E-state index is 0.178. The summed E-state index contributed by atoms with van der Waals surface area (Å²) in [5.41, 5.74) is -0.432. The lowest BCUT2D eigenvalue weighted by Crippen LogP contribution is -2.41. The van der Waals surface area contributed by atoms with Gasteiger partial charge in [-0.2, -0.15) is 0 Å². The van der Waals surface area contributed by atoms with E-state index < -0.39 is 0 Å². The molecule has 0 aromatic rings. The van der Waals surface area contributed by atoms with Gasteiger partial charge in [0.1, 0.15) is 0 Å². The molecule has 80 valence electrons. The Labute approximate surface area is 101 Å². The largest absolute Gasteiger partial charge is 0.486 e. The van der Waals surface area contributed by atoms with Crippen LogP contribution in [0.2, 0.25) is 0 Å². The highest BCUT2D eigenvalue weighted by Gasteiger charge is 2.49. The predicted octanol–water partition coefficient (Wildman–Crippen LogP) is 3.00. The van der Waals surface area contributed by atoms with E-state index in [1.54, 1.807) is 0 Å². The quantitative estimate of drug-likeness (QED) is 0.453. The van der Waals surface area contributed by atoms with Gasteiger partial charge in [-0.1, -0.05) is 34.6 Å². The molecule has 0 N–H and O–H groups in total. The highest BCUT2D eigenvalue weighted by Crippen LogP contribution is 2.36. The van der Waals surface area contributed by atoms with Gasteiger partial charge in [-0.25, -0.2) is 0 Å². The number of hydrogen-bond donors (Lipinski definition) is 0. The molecule has 0 unspecified atom stereocenters. The summed E-state index contributed by atoms with van der Waals surface area (Å²) in [5, 5.41) is 0. The predicted molar refractivity (Wildman–Crippen MR) is 68.7 cm³/mol. The minimum Gasteiger partial charge on any atom is -0.400 e. The monoisotopic (exact) mass is 308 g/mol. The first-order chi connectivity index (χ1) is 6.39. The molecule has 0 bridgehead atoms. The fourth-order valence-electron chi connectivity index (χ4n) is 1.24. The zero-order chi connectivity index (χ0) is 10.8. The average molecular weight is 308 g/mol. The van der Waals surface area contributed by atoms with Crippen molar-refractivity contribution in [3.05, 3.63) is 12.1 Å². The summed E-state index contributed by atoms with van der Waals surface area (Å²) in [6.45, 7) is 8.27. The van der Waals surface area contributed by atoms with Gasteiger partial charge < -0.3 is 9.31 Å². The van der Waals surface area contributed by atoms with Crippen LogP contribution in [0, 0.1) is 0 Å². The molecule has 0 saturated carbocycles. The molecule has 0 spiro atoms. The molecule has 0 amide bonds. The summed E-state index contributed by atoms with van der Waals surface area (Å²) in [7, 11) is -0.178. The molecule has 0 atom stereocenters. The van der Waals surface area contributed by atoms with Gasteiger partial charge in [-0.15, -0.1) is 0 Å². The third kappa shape index (κ3) is 2.73. The van der Waals surface area contributed by atoms with E-state index in [2.05, 4.69) is 56.4 Å². The zero-order valence-corrected chi connectivity index (χ0v) is 11.5. The summed E-state index contributed by atoms with van der Waals surface area (Å²) in [6.07, 6.45) is 3.19. The number of hydrogen-bond acceptors (Lipinski definition) is 2. The van der Waals surface area contributed by atoms with Crippen LogP contribution in [-0.2, 0) is 9.31 Å². The number of alkyl halides is 1. The van der Waals surface area contributed by atoms with E-state index in [4.69, 9.17) is 9.31 Å². The molecule has 1 saturated heterocycles. The summed E-state index contributed by atoms with van der Waals surface area (Å²) < 4.78 is 12.7. The molecule has 14 heavy (non-hydrogen) atoms. The molecule has 0 aliphatic carbocycles. The Bertz CT molecular complexity index is 210. The molecular formula is C10H18BIO2. The molecule has 1 aliphatic rings. The van der Waals surface area contributed by atoms with E-state index in [1.807, 2.05) is 5.98 Å². The van der Waals surface area contributed by atoms with Crippen molar-refractivity contribution in [3.8, 4) is 0 Å². The van der Waals surface area contributed by atoms with Crippen LogP contribution in [-0.4, -0.2) is 22.7 Å². The van der Waals surface area contributed by atoms with Crippen molar-refractivity contribution in [2.24, 2.45) is 0 Å². The zero-order valence-electron chi connectivity index (χ0n) is 9.34. The molecule has 1 rings (SSSR count). The molecule has 0 aromatic carbocycles. The second-order valence-electron chi connectivity index (χ2n) is 4.53. The van der Waals surface area contributed by atoms with E-state index in [0.29, 0.717) is 0 Å². The van der Waals surface area contributed by atoms with Crippen molar-refractivity contribution >= 4 is 29.7 Å². The van der Waals surface area contributed by atoms with Gasteiger partial charge >= 0.3 is 7.12 Å². The van der Waals surface area contributed by atoms with Crippen LogP contribution < -0.4 is 0 Å². The molecule has 1 heterocycles. The van der Waals surface area contributed by atoms with Crippen LogP contribution in [0.4, 0.5) is 0 Å². The first-order valence-corrected chi connectivity index (χ1v) is 6.50. The topological polar surface area (TPSA) is 18.5 Å². The average Bonchev–Trinajstić information content (AvgIpc) is 2.21. The van der Waals surface area contributed by atoms with Crippen molar-refractivity contribution in [1.82, 2.24) is 0 Å². The molecule has 1 aliphatic heterocycles. The number of allylic oxidation sites excluding steroid dienone is 1. The second kappa shape index (κ2) is 4.53. The fourth-order valence-corrected chi connectivity index (χ4v) is 1.60. The van der Waals surface area contributed by atoms with Crippen molar-refractivity contribution in [3.63, 3.8) is 0 Å². The van der Waals surface area contributed by atoms with E-state index in [0.717, 1.165) is 10.8 Å². The summed E-state index contributed by atoms with van der Waals surface area (Å²) in [5.74, 6) is 2.01. The Kier molecular flexibility index (Phi) is 4.06. The minimum atomic E-state index is -0.216. The van der Waals surface area contributed by atoms with Crippen molar-refractivity contribution in [2.45, 2.75) is 45.3 Å². The van der Waals surface area contributed by atoms with E-state index in [1.165, 1.54) is 0 Å². The molecule has 4 heteroatoms. The van der Waals surface area contributed by atoms with Gasteiger partial charge in [-0.3, -0.25) is 0 Å². The lowest BCUT2D eigenvalue weighted by Gasteiger charge is -2.32. The van der Waals surface area contributed by atoms with Crippen LogP contribution in [0.15, 0.2) is 12.1 Å². The van der Waals surface area contributed by atoms with Gasteiger partial charge in [0.15, 0.2) is 0 Å². The SMILES string of the molecule is CC1(C)OB(C=CCCI)OC1(C)C. The first-order valence-electron chi connectivity index (χ1n) is 4.97. The Morgan fingerprint density at radius 1 is 1.14 bits per heavy atom. The van der Waals surface area contributed by atoms with Crippen LogP contribution in [0.25, 0.3) is 0 Å². The van der Waals surface area contributed by atoms with E-state index in [9.17, 15) is 0 Å². The molecule has 2 nitrogen and oxygen atoms in total. The lowest BCUT2D eigenvalue weighted by molar-refractivity contribution is 0.00578. The second-order valence-corrected chi connectivity index (χ2v) is 5.61. The van der Waals surface area contributed by atoms with Crippen LogP contribution in [0.3, 0.4) is 0 Å². The van der Waals surface area contributed by atoms with Gasteiger partial charge in [-0.05, 0) is 34.1 Å². The van der Waals surface area contributed by atoms with Crippen molar-refractivity contribution in [2.75, 3.05) is 4.43 Å². The standard InChI is InChI=1S/C10H18BIO2/c1-9(2)10(3,4)14-11(13-9)7-5-6-8-12/h5,7H,6,8H2,1-4H3. The van der Waals surface area contributed by atoms with Crippen LogP contribution in [0.5, 0.6) is 0 Å². The van der Waals surface area contributed by atoms with Crippen molar-refractivity contribution < 1.29 is 9.31 Å². The van der Waals surface area contributed by atoms with Gasteiger partial charge in [0, 0.05) is 4.43 Å². The Morgan fingerprint density at radius 3 is 2.07 bits per heavy atom. The third-order valence-corrected chi connectivity index (χ3v) is 3.46. The Hall–Kier alpha value is 0.455. The third-order valence-electron chi connectivity index (χ3n) is 2.84. The summed E-state index contributed by atoms with van der Waals surface area (Å²) >= 11 is 2.35. The van der Waals surface area contributed by atoms with Gasteiger partial charge in [0.2, 0.25) is 0 Å². The van der Waals surface area contributed by atoms with Crippen LogP contribution >= 0.6 is 22.6 Å². The first kappa shape index (κ1) is 12.5. The smallest absolute Gasteiger partial charge is 0.400 e. The van der Waals surface area contributed by atoms with E-state index in [-0.39, 0.29) is 18.3 Å². The lowest BCUT2D eigenvalue weighted by atomic mass is 9.90. The maximum absolute atomic E-state index is 5.80. The van der Waals surface area contributed by atoms with Crippen molar-refractivity contribution in [1.29, 1.82) is 0 Å². The normalized spacial score (nSPS) is 24.8. The molecule has 1 fully saturated rings. The maximum atomic E-state index is 5.80. The Balaban J connectivity index is 2.55. The molecule has 0 aromatic heterocycles. The van der Waals surface area contributed by atoms with Crippen LogP contribution in [0.1, 0.15) is 34.1 Å².